The van der Waals surface area contributed by atoms with Crippen molar-refractivity contribution in [1.82, 2.24) is 4.90 Å². The molecule has 0 spiro atoms. The number of rotatable bonds is 6. The number of ether oxygens (including phenoxy) is 1. The molecule has 5 heteroatoms. The SMILES string of the molecule is CCOCC1(C(=O)N2CCC(C(=O)O)(C(C)C)C2)CC1. The maximum Gasteiger partial charge on any atom is 0.311 e. The summed E-state index contributed by atoms with van der Waals surface area (Å²) in [5.74, 6) is -0.660. The van der Waals surface area contributed by atoms with E-state index in [1.54, 1.807) is 4.90 Å². The molecule has 0 aromatic carbocycles. The van der Waals surface area contributed by atoms with Gasteiger partial charge in [0.05, 0.1) is 17.4 Å². The molecule has 5 nitrogen and oxygen atoms in total. The van der Waals surface area contributed by atoms with E-state index in [9.17, 15) is 14.7 Å². The molecular weight excluding hydrogens is 258 g/mol. The molecule has 0 aromatic rings. The van der Waals surface area contributed by atoms with Crippen LogP contribution < -0.4 is 0 Å². The summed E-state index contributed by atoms with van der Waals surface area (Å²) in [5.41, 5.74) is -1.14. The Bertz CT molecular complexity index is 403. The van der Waals surface area contributed by atoms with Gasteiger partial charge in [0.2, 0.25) is 5.91 Å². The molecule has 1 atom stereocenters. The number of amides is 1. The topological polar surface area (TPSA) is 66.8 Å². The molecule has 0 bridgehead atoms. The van der Waals surface area contributed by atoms with E-state index < -0.39 is 11.4 Å². The van der Waals surface area contributed by atoms with Gasteiger partial charge in [0.25, 0.3) is 0 Å². The van der Waals surface area contributed by atoms with Gasteiger partial charge in [0, 0.05) is 19.7 Å². The number of aliphatic carboxylic acids is 1. The van der Waals surface area contributed by atoms with Crippen LogP contribution in [-0.4, -0.2) is 48.2 Å². The van der Waals surface area contributed by atoms with Crippen molar-refractivity contribution < 1.29 is 19.4 Å². The average molecular weight is 283 g/mol. The predicted octanol–water partition coefficient (Wildman–Crippen LogP) is 1.76. The Balaban J connectivity index is 2.05. The second-order valence-electron chi connectivity index (χ2n) is 6.51. The number of carbonyl (C=O) groups excluding carboxylic acids is 1. The maximum atomic E-state index is 12.6. The van der Waals surface area contributed by atoms with Gasteiger partial charge in [-0.15, -0.1) is 0 Å². The number of hydrogen-bond acceptors (Lipinski definition) is 3. The van der Waals surface area contributed by atoms with Crippen molar-refractivity contribution in [3.63, 3.8) is 0 Å². The molecule has 2 rings (SSSR count). The zero-order valence-corrected chi connectivity index (χ0v) is 12.6. The van der Waals surface area contributed by atoms with Crippen LogP contribution in [0.2, 0.25) is 0 Å². The smallest absolute Gasteiger partial charge is 0.311 e. The lowest BCUT2D eigenvalue weighted by molar-refractivity contribution is -0.151. The molecule has 1 heterocycles. The lowest BCUT2D eigenvalue weighted by Gasteiger charge is -2.29. The number of carboxylic acids is 1. The predicted molar refractivity (Wildman–Crippen MR) is 74.3 cm³/mol. The second-order valence-corrected chi connectivity index (χ2v) is 6.51. The monoisotopic (exact) mass is 283 g/mol. The molecule has 1 saturated carbocycles. The molecule has 114 valence electrons. The summed E-state index contributed by atoms with van der Waals surface area (Å²) in [6.07, 6.45) is 2.28. The summed E-state index contributed by atoms with van der Waals surface area (Å²) in [6.45, 7) is 7.75. The minimum Gasteiger partial charge on any atom is -0.481 e. The van der Waals surface area contributed by atoms with Crippen LogP contribution in [0.1, 0.15) is 40.0 Å². The maximum absolute atomic E-state index is 12.6. The highest BCUT2D eigenvalue weighted by Gasteiger charge is 2.56. The van der Waals surface area contributed by atoms with E-state index in [2.05, 4.69) is 0 Å². The molecule has 0 aromatic heterocycles. The highest BCUT2D eigenvalue weighted by Crippen LogP contribution is 2.49. The van der Waals surface area contributed by atoms with Gasteiger partial charge in [-0.05, 0) is 32.1 Å². The van der Waals surface area contributed by atoms with E-state index in [-0.39, 0.29) is 17.2 Å². The van der Waals surface area contributed by atoms with Crippen molar-refractivity contribution in [2.75, 3.05) is 26.3 Å². The average Bonchev–Trinajstić information content (AvgIpc) is 3.04. The zero-order chi connectivity index (χ0) is 15.0. The fourth-order valence-electron chi connectivity index (χ4n) is 3.10. The van der Waals surface area contributed by atoms with Crippen LogP contribution in [0.4, 0.5) is 0 Å². The van der Waals surface area contributed by atoms with Crippen LogP contribution in [0.25, 0.3) is 0 Å². The first kappa shape index (κ1) is 15.3. The fraction of sp³-hybridized carbons (Fsp3) is 0.867. The number of carbonyl (C=O) groups is 2. The highest BCUT2D eigenvalue weighted by atomic mass is 16.5. The van der Waals surface area contributed by atoms with Crippen molar-refractivity contribution >= 4 is 11.9 Å². The molecule has 1 aliphatic carbocycles. The number of carboxylic acid groups (broad SMARTS) is 1. The van der Waals surface area contributed by atoms with Gasteiger partial charge in [0.15, 0.2) is 0 Å². The standard InChI is InChI=1S/C15H25NO4/c1-4-20-10-14(5-6-14)12(17)16-8-7-15(9-16,11(2)3)13(18)19/h11H,4-10H2,1-3H3,(H,18,19). The van der Waals surface area contributed by atoms with Gasteiger partial charge >= 0.3 is 5.97 Å². The summed E-state index contributed by atoms with van der Waals surface area (Å²) < 4.78 is 5.42. The molecular formula is C15H25NO4. The molecule has 2 aliphatic rings. The summed E-state index contributed by atoms with van der Waals surface area (Å²) in [6, 6.07) is 0. The Morgan fingerprint density at radius 3 is 2.35 bits per heavy atom. The Hall–Kier alpha value is -1.10. The Kier molecular flexibility index (Phi) is 4.09. The lowest BCUT2D eigenvalue weighted by Crippen LogP contribution is -2.43. The van der Waals surface area contributed by atoms with Crippen LogP contribution in [0.15, 0.2) is 0 Å². The van der Waals surface area contributed by atoms with Crippen LogP contribution in [0.3, 0.4) is 0 Å². The van der Waals surface area contributed by atoms with Gasteiger partial charge in [-0.2, -0.15) is 0 Å². The number of likely N-dealkylation sites (tertiary alicyclic amines) is 1. The molecule has 20 heavy (non-hydrogen) atoms. The molecule has 1 amide bonds. The third kappa shape index (κ3) is 2.43. The van der Waals surface area contributed by atoms with Gasteiger partial charge in [-0.3, -0.25) is 9.59 Å². The summed E-state index contributed by atoms with van der Waals surface area (Å²) in [5, 5.41) is 9.53. The van der Waals surface area contributed by atoms with E-state index in [1.807, 2.05) is 20.8 Å². The third-order valence-electron chi connectivity index (χ3n) is 5.01. The fourth-order valence-corrected chi connectivity index (χ4v) is 3.10. The molecule has 1 saturated heterocycles. The summed E-state index contributed by atoms with van der Waals surface area (Å²) >= 11 is 0. The third-order valence-corrected chi connectivity index (χ3v) is 5.01. The van der Waals surface area contributed by atoms with Crippen molar-refractivity contribution in [2.24, 2.45) is 16.7 Å². The largest absolute Gasteiger partial charge is 0.481 e. The molecule has 1 N–H and O–H groups in total. The first-order chi connectivity index (χ1) is 9.38. The van der Waals surface area contributed by atoms with E-state index in [1.165, 1.54) is 0 Å². The summed E-state index contributed by atoms with van der Waals surface area (Å²) in [7, 11) is 0. The number of nitrogens with zero attached hydrogens (tertiary/aromatic N) is 1. The molecule has 1 unspecified atom stereocenters. The molecule has 2 fully saturated rings. The van der Waals surface area contributed by atoms with E-state index >= 15 is 0 Å². The Morgan fingerprint density at radius 2 is 1.95 bits per heavy atom. The van der Waals surface area contributed by atoms with Crippen LogP contribution >= 0.6 is 0 Å². The van der Waals surface area contributed by atoms with Crippen molar-refractivity contribution in [1.29, 1.82) is 0 Å². The summed E-state index contributed by atoms with van der Waals surface area (Å²) in [4.78, 5) is 26.0. The van der Waals surface area contributed by atoms with E-state index in [0.29, 0.717) is 32.7 Å². The van der Waals surface area contributed by atoms with Crippen molar-refractivity contribution in [2.45, 2.75) is 40.0 Å². The highest BCUT2D eigenvalue weighted by molar-refractivity contribution is 5.87. The number of hydrogen-bond donors (Lipinski definition) is 1. The Morgan fingerprint density at radius 1 is 1.30 bits per heavy atom. The minimum absolute atomic E-state index is 0.0276. The van der Waals surface area contributed by atoms with Gasteiger partial charge < -0.3 is 14.7 Å². The quantitative estimate of drug-likeness (QED) is 0.806. The molecule has 1 aliphatic heterocycles. The van der Waals surface area contributed by atoms with E-state index in [0.717, 1.165) is 12.8 Å². The molecule has 0 radical (unpaired) electrons. The van der Waals surface area contributed by atoms with Crippen LogP contribution in [0.5, 0.6) is 0 Å². The van der Waals surface area contributed by atoms with Crippen molar-refractivity contribution in [3.05, 3.63) is 0 Å². The normalized spacial score (nSPS) is 27.9. The Labute approximate surface area is 120 Å². The minimum atomic E-state index is -0.780. The first-order valence-electron chi connectivity index (χ1n) is 7.48. The first-order valence-corrected chi connectivity index (χ1v) is 7.48. The van der Waals surface area contributed by atoms with Crippen molar-refractivity contribution in [3.8, 4) is 0 Å². The van der Waals surface area contributed by atoms with Gasteiger partial charge in [-0.1, -0.05) is 13.8 Å². The second kappa shape index (κ2) is 5.35. The zero-order valence-electron chi connectivity index (χ0n) is 12.6. The lowest BCUT2D eigenvalue weighted by atomic mass is 9.76. The van der Waals surface area contributed by atoms with Crippen LogP contribution in [-0.2, 0) is 14.3 Å². The van der Waals surface area contributed by atoms with Gasteiger partial charge in [0.1, 0.15) is 0 Å². The van der Waals surface area contributed by atoms with E-state index in [4.69, 9.17) is 4.74 Å². The van der Waals surface area contributed by atoms with Gasteiger partial charge in [-0.25, -0.2) is 0 Å². The van der Waals surface area contributed by atoms with Crippen LogP contribution in [0, 0.1) is 16.7 Å².